The fourth-order valence-electron chi connectivity index (χ4n) is 2.10. The van der Waals surface area contributed by atoms with Gasteiger partial charge in [-0.1, -0.05) is 30.3 Å². The Bertz CT molecular complexity index is 854. The normalized spacial score (nSPS) is 12.3. The van der Waals surface area contributed by atoms with Crippen molar-refractivity contribution in [2.24, 2.45) is 0 Å². The van der Waals surface area contributed by atoms with Crippen molar-refractivity contribution in [2.45, 2.75) is 6.04 Å². The molecule has 6 nitrogen and oxygen atoms in total. The molecule has 1 atom stereocenters. The quantitative estimate of drug-likeness (QED) is 0.613. The fourth-order valence-corrected chi connectivity index (χ4v) is 3.36. The van der Waals surface area contributed by atoms with E-state index in [0.29, 0.717) is 16.0 Å². The molecular formula is C15H12ClN3O3S. The first-order valence-corrected chi connectivity index (χ1v) is 7.90. The number of aliphatic carboxylic acids is 1. The second-order valence-electron chi connectivity index (χ2n) is 4.75. The Hall–Kier alpha value is -2.22. The summed E-state index contributed by atoms with van der Waals surface area (Å²) >= 11 is 7.36. The van der Waals surface area contributed by atoms with Crippen molar-refractivity contribution < 1.29 is 15.0 Å². The van der Waals surface area contributed by atoms with E-state index in [2.05, 4.69) is 15.3 Å². The number of hydrogen-bond acceptors (Lipinski definition) is 6. The van der Waals surface area contributed by atoms with Gasteiger partial charge in [-0.2, -0.15) is 0 Å². The lowest BCUT2D eigenvalue weighted by atomic mass is 10.2. The predicted octanol–water partition coefficient (Wildman–Crippen LogP) is 2.87. The predicted molar refractivity (Wildman–Crippen MR) is 90.0 cm³/mol. The highest BCUT2D eigenvalue weighted by molar-refractivity contribution is 7.22. The largest absolute Gasteiger partial charge is 0.480 e. The van der Waals surface area contributed by atoms with Gasteiger partial charge in [-0.15, -0.1) is 11.3 Å². The van der Waals surface area contributed by atoms with Crippen LogP contribution in [0.25, 0.3) is 20.7 Å². The van der Waals surface area contributed by atoms with Gasteiger partial charge in [-0.05, 0) is 23.2 Å². The smallest absolute Gasteiger partial charge is 0.328 e. The first kappa shape index (κ1) is 15.7. The van der Waals surface area contributed by atoms with Gasteiger partial charge in [0.15, 0.2) is 0 Å². The summed E-state index contributed by atoms with van der Waals surface area (Å²) in [5.41, 5.74) is 1.02. The Balaban J connectivity index is 2.08. The minimum Gasteiger partial charge on any atom is -0.480 e. The molecule has 0 amide bonds. The number of thiophene rings is 1. The van der Waals surface area contributed by atoms with Gasteiger partial charge < -0.3 is 15.5 Å². The lowest BCUT2D eigenvalue weighted by molar-refractivity contribution is -0.138. The van der Waals surface area contributed by atoms with E-state index in [1.54, 1.807) is 0 Å². The van der Waals surface area contributed by atoms with Gasteiger partial charge >= 0.3 is 5.97 Å². The molecule has 0 fully saturated rings. The van der Waals surface area contributed by atoms with E-state index in [0.717, 1.165) is 10.4 Å². The SMILES string of the molecule is O=C(O)C(CO)Nc1nc(Cl)nc2sc(-c3ccccc3)cc12. The number of nitrogens with one attached hydrogen (secondary N) is 1. The number of carboxylic acid groups (broad SMARTS) is 1. The van der Waals surface area contributed by atoms with Gasteiger partial charge in [0.25, 0.3) is 0 Å². The summed E-state index contributed by atoms with van der Waals surface area (Å²) in [7, 11) is 0. The van der Waals surface area contributed by atoms with Crippen LogP contribution in [0.4, 0.5) is 5.82 Å². The number of aliphatic hydroxyl groups excluding tert-OH is 1. The molecule has 0 saturated heterocycles. The monoisotopic (exact) mass is 349 g/mol. The number of carbonyl (C=O) groups is 1. The number of aliphatic hydroxyl groups is 1. The van der Waals surface area contributed by atoms with Gasteiger partial charge in [0.2, 0.25) is 5.28 Å². The number of benzene rings is 1. The van der Waals surface area contributed by atoms with Crippen LogP contribution in [-0.4, -0.2) is 38.8 Å². The van der Waals surface area contributed by atoms with Gasteiger partial charge in [0.05, 0.1) is 12.0 Å². The van der Waals surface area contributed by atoms with E-state index in [9.17, 15) is 4.79 Å². The molecule has 0 aliphatic heterocycles. The Morgan fingerprint density at radius 1 is 1.30 bits per heavy atom. The van der Waals surface area contributed by atoms with Crippen LogP contribution in [0.15, 0.2) is 36.4 Å². The van der Waals surface area contributed by atoms with Gasteiger partial charge in [-0.25, -0.2) is 14.8 Å². The third kappa shape index (κ3) is 3.26. The fraction of sp³-hybridized carbons (Fsp3) is 0.133. The Morgan fingerprint density at radius 2 is 2.04 bits per heavy atom. The van der Waals surface area contributed by atoms with Crippen LogP contribution in [0.1, 0.15) is 0 Å². The summed E-state index contributed by atoms with van der Waals surface area (Å²) in [6, 6.07) is 10.5. The van der Waals surface area contributed by atoms with Crippen molar-refractivity contribution in [3.05, 3.63) is 41.7 Å². The van der Waals surface area contributed by atoms with Crippen LogP contribution < -0.4 is 5.32 Å². The maximum atomic E-state index is 11.1. The molecule has 0 radical (unpaired) electrons. The van der Waals surface area contributed by atoms with Crippen molar-refractivity contribution >= 4 is 44.9 Å². The topological polar surface area (TPSA) is 95.3 Å². The van der Waals surface area contributed by atoms with Crippen molar-refractivity contribution in [3.8, 4) is 10.4 Å². The summed E-state index contributed by atoms with van der Waals surface area (Å²) in [4.78, 5) is 20.9. The minimum absolute atomic E-state index is 0.0172. The molecule has 3 aromatic rings. The molecular weight excluding hydrogens is 338 g/mol. The first-order valence-electron chi connectivity index (χ1n) is 6.71. The molecule has 1 unspecified atom stereocenters. The van der Waals surface area contributed by atoms with E-state index in [1.165, 1.54) is 11.3 Å². The van der Waals surface area contributed by atoms with Crippen LogP contribution in [0, 0.1) is 0 Å². The Morgan fingerprint density at radius 3 is 2.70 bits per heavy atom. The van der Waals surface area contributed by atoms with E-state index in [1.807, 2.05) is 36.4 Å². The number of nitrogens with zero attached hydrogens (tertiary/aromatic N) is 2. The number of aromatic nitrogens is 2. The van der Waals surface area contributed by atoms with Crippen molar-refractivity contribution in [1.82, 2.24) is 9.97 Å². The standard InChI is InChI=1S/C15H12ClN3O3S/c16-15-18-12(17-10(7-20)14(21)22)9-6-11(23-13(9)19-15)8-4-2-1-3-5-8/h1-6,10,20H,7H2,(H,21,22)(H,17,18,19). The highest BCUT2D eigenvalue weighted by Crippen LogP contribution is 2.36. The second-order valence-corrected chi connectivity index (χ2v) is 6.12. The third-order valence-electron chi connectivity index (χ3n) is 3.22. The Kier molecular flexibility index (Phi) is 4.42. The maximum absolute atomic E-state index is 11.1. The molecule has 3 rings (SSSR count). The number of halogens is 1. The number of anilines is 1. The van der Waals surface area contributed by atoms with E-state index >= 15 is 0 Å². The van der Waals surface area contributed by atoms with Crippen LogP contribution in [-0.2, 0) is 4.79 Å². The van der Waals surface area contributed by atoms with E-state index in [-0.39, 0.29) is 5.28 Å². The number of hydrogen-bond donors (Lipinski definition) is 3. The van der Waals surface area contributed by atoms with Crippen molar-refractivity contribution in [2.75, 3.05) is 11.9 Å². The van der Waals surface area contributed by atoms with Gasteiger partial charge in [0, 0.05) is 4.88 Å². The van der Waals surface area contributed by atoms with Gasteiger partial charge in [0.1, 0.15) is 16.7 Å². The van der Waals surface area contributed by atoms with E-state index in [4.69, 9.17) is 21.8 Å². The molecule has 0 spiro atoms. The van der Waals surface area contributed by atoms with Crippen LogP contribution >= 0.6 is 22.9 Å². The second kappa shape index (κ2) is 6.49. The zero-order chi connectivity index (χ0) is 16.4. The molecule has 23 heavy (non-hydrogen) atoms. The maximum Gasteiger partial charge on any atom is 0.328 e. The molecule has 2 aromatic heterocycles. The molecule has 1 aromatic carbocycles. The molecule has 0 saturated carbocycles. The third-order valence-corrected chi connectivity index (χ3v) is 4.46. The summed E-state index contributed by atoms with van der Waals surface area (Å²) in [5.74, 6) is -0.881. The molecule has 118 valence electrons. The molecule has 0 bridgehead atoms. The summed E-state index contributed by atoms with van der Waals surface area (Å²) in [6.45, 7) is -0.561. The van der Waals surface area contributed by atoms with Crippen LogP contribution in [0.3, 0.4) is 0 Å². The molecule has 2 heterocycles. The highest BCUT2D eigenvalue weighted by atomic mass is 35.5. The average Bonchev–Trinajstić information content (AvgIpc) is 2.96. The van der Waals surface area contributed by atoms with Gasteiger partial charge in [-0.3, -0.25) is 0 Å². The molecule has 0 aliphatic carbocycles. The molecule has 0 aliphatic rings. The van der Waals surface area contributed by atoms with Crippen LogP contribution in [0.2, 0.25) is 5.28 Å². The average molecular weight is 350 g/mol. The zero-order valence-corrected chi connectivity index (χ0v) is 13.3. The first-order chi connectivity index (χ1) is 11.1. The number of rotatable bonds is 5. The minimum atomic E-state index is -1.17. The summed E-state index contributed by atoms with van der Waals surface area (Å²) < 4.78 is 0. The Labute approximate surface area is 140 Å². The van der Waals surface area contributed by atoms with Crippen molar-refractivity contribution in [1.29, 1.82) is 0 Å². The lowest BCUT2D eigenvalue weighted by Gasteiger charge is -2.12. The summed E-state index contributed by atoms with van der Waals surface area (Å²) in [5, 5.41) is 21.6. The number of fused-ring (bicyclic) bond motifs is 1. The van der Waals surface area contributed by atoms with E-state index < -0.39 is 18.6 Å². The molecule has 3 N–H and O–H groups in total. The van der Waals surface area contributed by atoms with Crippen LogP contribution in [0.5, 0.6) is 0 Å². The molecule has 8 heteroatoms. The summed E-state index contributed by atoms with van der Waals surface area (Å²) in [6.07, 6.45) is 0. The lowest BCUT2D eigenvalue weighted by Crippen LogP contribution is -2.33. The number of carboxylic acids is 1. The van der Waals surface area contributed by atoms with Crippen molar-refractivity contribution in [3.63, 3.8) is 0 Å². The highest BCUT2D eigenvalue weighted by Gasteiger charge is 2.19. The zero-order valence-electron chi connectivity index (χ0n) is 11.7.